The van der Waals surface area contributed by atoms with Crippen molar-refractivity contribution in [1.29, 1.82) is 0 Å². The molecule has 1 heterocycles. The first-order chi connectivity index (χ1) is 9.00. The number of para-hydroxylation sites is 1. The molecule has 0 saturated carbocycles. The number of amides is 1. The van der Waals surface area contributed by atoms with Gasteiger partial charge in [0, 0.05) is 11.1 Å². The van der Waals surface area contributed by atoms with E-state index in [0.29, 0.717) is 23.2 Å². The zero-order chi connectivity index (χ0) is 14.0. The first-order valence-corrected chi connectivity index (χ1v) is 6.74. The molecule has 1 aromatic carbocycles. The summed E-state index contributed by atoms with van der Waals surface area (Å²) < 4.78 is 5.89. The van der Waals surface area contributed by atoms with Crippen LogP contribution < -0.4 is 5.32 Å². The van der Waals surface area contributed by atoms with Crippen molar-refractivity contribution in [3.63, 3.8) is 0 Å². The molecule has 0 aliphatic carbocycles. The van der Waals surface area contributed by atoms with Crippen LogP contribution in [0.4, 0.5) is 5.69 Å². The third-order valence-corrected chi connectivity index (χ3v) is 3.87. The van der Waals surface area contributed by atoms with Gasteiger partial charge >= 0.3 is 5.97 Å². The minimum Gasteiger partial charge on any atom is -0.478 e. The molecular weight excluding hydrogens is 314 g/mol. The van der Waals surface area contributed by atoms with Gasteiger partial charge in [-0.25, -0.2) is 4.79 Å². The molecule has 0 spiro atoms. The number of carbonyl (C=O) groups is 2. The molecule has 1 saturated heterocycles. The fourth-order valence-electron chi connectivity index (χ4n) is 2.12. The van der Waals surface area contributed by atoms with E-state index >= 15 is 0 Å². The van der Waals surface area contributed by atoms with Gasteiger partial charge in [-0.3, -0.25) is 4.79 Å². The first-order valence-electron chi connectivity index (χ1n) is 5.95. The number of hydrogen-bond acceptors (Lipinski definition) is 3. The van der Waals surface area contributed by atoms with E-state index in [1.807, 2.05) is 6.92 Å². The van der Waals surface area contributed by atoms with E-state index in [0.717, 1.165) is 0 Å². The maximum atomic E-state index is 12.1. The number of benzene rings is 1. The third kappa shape index (κ3) is 2.96. The number of carboxylic acid groups (broad SMARTS) is 1. The molecule has 2 rings (SSSR count). The highest BCUT2D eigenvalue weighted by Gasteiger charge is 2.31. The molecule has 6 heteroatoms. The van der Waals surface area contributed by atoms with Crippen LogP contribution >= 0.6 is 15.9 Å². The molecule has 5 nitrogen and oxygen atoms in total. The Hall–Kier alpha value is -1.40. The van der Waals surface area contributed by atoms with Crippen molar-refractivity contribution in [3.05, 3.63) is 28.2 Å². The molecule has 1 aromatic rings. The van der Waals surface area contributed by atoms with Crippen LogP contribution in [-0.4, -0.2) is 29.7 Å². The van der Waals surface area contributed by atoms with Gasteiger partial charge in [-0.15, -0.1) is 0 Å². The highest BCUT2D eigenvalue weighted by Crippen LogP contribution is 2.29. The number of hydrogen-bond donors (Lipinski definition) is 2. The smallest absolute Gasteiger partial charge is 0.337 e. The second-order valence-electron chi connectivity index (χ2n) is 4.43. The molecule has 2 atom stereocenters. The number of nitrogens with one attached hydrogen (secondary N) is 1. The predicted molar refractivity (Wildman–Crippen MR) is 73.3 cm³/mol. The second kappa shape index (κ2) is 5.71. The van der Waals surface area contributed by atoms with E-state index in [2.05, 4.69) is 21.2 Å². The van der Waals surface area contributed by atoms with Crippen molar-refractivity contribution >= 4 is 33.5 Å². The Bertz CT molecular complexity index is 517. The zero-order valence-corrected chi connectivity index (χ0v) is 11.9. The van der Waals surface area contributed by atoms with Crippen molar-refractivity contribution in [3.8, 4) is 0 Å². The summed E-state index contributed by atoms with van der Waals surface area (Å²) in [6, 6.07) is 4.76. The Kier molecular flexibility index (Phi) is 4.21. The average molecular weight is 328 g/mol. The zero-order valence-electron chi connectivity index (χ0n) is 10.4. The van der Waals surface area contributed by atoms with Crippen LogP contribution in [0.2, 0.25) is 0 Å². The van der Waals surface area contributed by atoms with E-state index in [1.54, 1.807) is 12.1 Å². The lowest BCUT2D eigenvalue weighted by molar-refractivity contribution is -0.121. The highest BCUT2D eigenvalue weighted by atomic mass is 79.9. The van der Waals surface area contributed by atoms with E-state index in [1.165, 1.54) is 6.07 Å². The fourth-order valence-corrected chi connectivity index (χ4v) is 2.59. The van der Waals surface area contributed by atoms with E-state index in [-0.39, 0.29) is 23.5 Å². The molecule has 1 aliphatic heterocycles. The van der Waals surface area contributed by atoms with E-state index < -0.39 is 5.97 Å². The summed E-state index contributed by atoms with van der Waals surface area (Å²) in [5, 5.41) is 11.8. The number of anilines is 1. The van der Waals surface area contributed by atoms with Crippen LogP contribution in [0.3, 0.4) is 0 Å². The number of ether oxygens (including phenoxy) is 1. The van der Waals surface area contributed by atoms with E-state index in [9.17, 15) is 9.59 Å². The highest BCUT2D eigenvalue weighted by molar-refractivity contribution is 9.10. The van der Waals surface area contributed by atoms with Gasteiger partial charge in [0.15, 0.2) is 0 Å². The summed E-state index contributed by atoms with van der Waals surface area (Å²) in [6.07, 6.45) is 0.510. The Balaban J connectivity index is 2.23. The summed E-state index contributed by atoms with van der Waals surface area (Å²) >= 11 is 3.26. The summed E-state index contributed by atoms with van der Waals surface area (Å²) in [7, 11) is 0. The van der Waals surface area contributed by atoms with Gasteiger partial charge in [0.25, 0.3) is 0 Å². The molecular formula is C13H14BrNO4. The number of aromatic carboxylic acids is 1. The first kappa shape index (κ1) is 14.0. The van der Waals surface area contributed by atoms with E-state index in [4.69, 9.17) is 9.84 Å². The largest absolute Gasteiger partial charge is 0.478 e. The Morgan fingerprint density at radius 3 is 2.79 bits per heavy atom. The molecule has 1 amide bonds. The molecule has 1 fully saturated rings. The Labute approximate surface area is 119 Å². The topological polar surface area (TPSA) is 75.6 Å². The van der Waals surface area contributed by atoms with Crippen LogP contribution in [0.1, 0.15) is 23.7 Å². The van der Waals surface area contributed by atoms with Crippen LogP contribution in [0, 0.1) is 5.92 Å². The van der Waals surface area contributed by atoms with Crippen molar-refractivity contribution in [2.75, 3.05) is 11.9 Å². The molecule has 2 unspecified atom stereocenters. The lowest BCUT2D eigenvalue weighted by Crippen LogP contribution is -2.28. The van der Waals surface area contributed by atoms with Crippen LogP contribution in [0.5, 0.6) is 0 Å². The predicted octanol–water partition coefficient (Wildman–Crippen LogP) is 2.51. The lowest BCUT2D eigenvalue weighted by Gasteiger charge is -2.16. The van der Waals surface area contributed by atoms with Crippen LogP contribution in [-0.2, 0) is 9.53 Å². The van der Waals surface area contributed by atoms with Crippen molar-refractivity contribution in [2.45, 2.75) is 19.4 Å². The molecule has 19 heavy (non-hydrogen) atoms. The fraction of sp³-hybridized carbons (Fsp3) is 0.385. The monoisotopic (exact) mass is 327 g/mol. The average Bonchev–Trinajstić information content (AvgIpc) is 2.77. The normalized spacial score (nSPS) is 22.2. The number of carbonyl (C=O) groups excluding carboxylic acids is 1. The molecule has 0 bridgehead atoms. The minimum absolute atomic E-state index is 0.0642. The van der Waals surface area contributed by atoms with Gasteiger partial charge in [-0.1, -0.05) is 6.07 Å². The Morgan fingerprint density at radius 2 is 2.21 bits per heavy atom. The van der Waals surface area contributed by atoms with Gasteiger partial charge in [-0.05, 0) is 41.4 Å². The number of carboxylic acids is 1. The summed E-state index contributed by atoms with van der Waals surface area (Å²) in [6.45, 7) is 2.40. The standard InChI is InChI=1S/C13H14BrNO4/c1-7-8(5-6-19-7)12(16)15-11-9(13(17)18)3-2-4-10(11)14/h2-4,7-8H,5-6H2,1H3,(H,15,16)(H,17,18). The SMILES string of the molecule is CC1OCCC1C(=O)Nc1c(Br)cccc1C(=O)O. The Morgan fingerprint density at radius 1 is 1.47 bits per heavy atom. The van der Waals surface area contributed by atoms with Crippen molar-refractivity contribution in [2.24, 2.45) is 5.92 Å². The van der Waals surface area contributed by atoms with Gasteiger partial charge in [0.2, 0.25) is 5.91 Å². The van der Waals surface area contributed by atoms with Gasteiger partial charge in [0.05, 0.1) is 23.3 Å². The van der Waals surface area contributed by atoms with Gasteiger partial charge in [0.1, 0.15) is 0 Å². The third-order valence-electron chi connectivity index (χ3n) is 3.21. The summed E-state index contributed by atoms with van der Waals surface area (Å²) in [5.41, 5.74) is 0.355. The van der Waals surface area contributed by atoms with Crippen LogP contribution in [0.25, 0.3) is 0 Å². The van der Waals surface area contributed by atoms with Crippen molar-refractivity contribution in [1.82, 2.24) is 0 Å². The molecule has 1 aliphatic rings. The minimum atomic E-state index is -1.08. The summed E-state index contributed by atoms with van der Waals surface area (Å²) in [5.74, 6) is -1.53. The quantitative estimate of drug-likeness (QED) is 0.894. The van der Waals surface area contributed by atoms with Gasteiger partial charge < -0.3 is 15.2 Å². The summed E-state index contributed by atoms with van der Waals surface area (Å²) in [4.78, 5) is 23.3. The molecule has 0 aromatic heterocycles. The van der Waals surface area contributed by atoms with Gasteiger partial charge in [-0.2, -0.15) is 0 Å². The van der Waals surface area contributed by atoms with Crippen LogP contribution in [0.15, 0.2) is 22.7 Å². The molecule has 102 valence electrons. The maximum Gasteiger partial charge on any atom is 0.337 e. The lowest BCUT2D eigenvalue weighted by atomic mass is 10.0. The molecule has 0 radical (unpaired) electrons. The number of rotatable bonds is 3. The molecule has 2 N–H and O–H groups in total. The number of halogens is 1. The maximum absolute atomic E-state index is 12.1. The second-order valence-corrected chi connectivity index (χ2v) is 5.28. The van der Waals surface area contributed by atoms with Crippen molar-refractivity contribution < 1.29 is 19.4 Å².